The predicted molar refractivity (Wildman–Crippen MR) is 67.8 cm³/mol. The third kappa shape index (κ3) is 3.16. The number of ether oxygens (including phenoxy) is 1. The van der Waals surface area contributed by atoms with Gasteiger partial charge in [-0.05, 0) is 37.2 Å². The first kappa shape index (κ1) is 12.3. The Kier molecular flexibility index (Phi) is 4.32. The molecule has 1 aliphatic rings. The minimum Gasteiger partial charge on any atom is -0.381 e. The van der Waals surface area contributed by atoms with Gasteiger partial charge in [-0.15, -0.1) is 0 Å². The Balaban J connectivity index is 2.03. The van der Waals surface area contributed by atoms with E-state index < -0.39 is 0 Å². The van der Waals surface area contributed by atoms with Gasteiger partial charge in [0.1, 0.15) is 6.29 Å². The number of methoxy groups -OCH3 is 1. The maximum absolute atomic E-state index is 11.1. The summed E-state index contributed by atoms with van der Waals surface area (Å²) in [4.78, 5) is 11.1. The Labute approximate surface area is 103 Å². The number of hydrogen-bond donors (Lipinski definition) is 0. The molecule has 2 heteroatoms. The van der Waals surface area contributed by atoms with Crippen LogP contribution in [0.5, 0.6) is 0 Å². The average molecular weight is 232 g/mol. The summed E-state index contributed by atoms with van der Waals surface area (Å²) in [5, 5.41) is 0. The number of carbonyl (C=O) groups is 1. The maximum atomic E-state index is 11.1. The van der Waals surface area contributed by atoms with Gasteiger partial charge < -0.3 is 9.53 Å². The van der Waals surface area contributed by atoms with Crippen LogP contribution in [0.2, 0.25) is 0 Å². The molecule has 0 aromatic heterocycles. The number of benzene rings is 1. The highest BCUT2D eigenvalue weighted by atomic mass is 16.5. The number of carbonyl (C=O) groups excluding carboxylic acids is 1. The lowest BCUT2D eigenvalue weighted by molar-refractivity contribution is -0.114. The molecule has 2 rings (SSSR count). The van der Waals surface area contributed by atoms with E-state index in [-0.39, 0.29) is 5.92 Å². The van der Waals surface area contributed by atoms with Gasteiger partial charge in [0.2, 0.25) is 0 Å². The molecule has 0 radical (unpaired) electrons. The Hall–Kier alpha value is -1.15. The highest BCUT2D eigenvalue weighted by Gasteiger charge is 2.30. The van der Waals surface area contributed by atoms with Gasteiger partial charge in [-0.2, -0.15) is 0 Å². The second kappa shape index (κ2) is 5.97. The predicted octanol–water partition coefficient (Wildman–Crippen LogP) is 2.86. The fraction of sp³-hybridized carbons (Fsp3) is 0.533. The zero-order valence-corrected chi connectivity index (χ0v) is 10.3. The molecule has 0 amide bonds. The Morgan fingerprint density at radius 3 is 2.71 bits per heavy atom. The van der Waals surface area contributed by atoms with Crippen LogP contribution in [0.15, 0.2) is 30.3 Å². The molecule has 92 valence electrons. The SMILES string of the molecule is COC1CCC(C=O)C(Cc2ccccc2)C1. The van der Waals surface area contributed by atoms with Crippen LogP contribution in [-0.2, 0) is 16.0 Å². The molecule has 3 unspecified atom stereocenters. The van der Waals surface area contributed by atoms with Crippen LogP contribution in [0.4, 0.5) is 0 Å². The van der Waals surface area contributed by atoms with Crippen molar-refractivity contribution in [3.05, 3.63) is 35.9 Å². The molecular formula is C15H20O2. The normalized spacial score (nSPS) is 28.9. The lowest BCUT2D eigenvalue weighted by Gasteiger charge is -2.32. The van der Waals surface area contributed by atoms with E-state index in [1.54, 1.807) is 7.11 Å². The van der Waals surface area contributed by atoms with Gasteiger partial charge in [-0.25, -0.2) is 0 Å². The van der Waals surface area contributed by atoms with Gasteiger partial charge in [0.25, 0.3) is 0 Å². The summed E-state index contributed by atoms with van der Waals surface area (Å²) in [5.41, 5.74) is 1.32. The Bertz CT molecular complexity index is 347. The van der Waals surface area contributed by atoms with Crippen molar-refractivity contribution in [2.24, 2.45) is 11.8 Å². The summed E-state index contributed by atoms with van der Waals surface area (Å²) in [6.45, 7) is 0. The molecule has 1 aromatic rings. The van der Waals surface area contributed by atoms with Gasteiger partial charge in [0, 0.05) is 13.0 Å². The quantitative estimate of drug-likeness (QED) is 0.746. The standard InChI is InChI=1S/C15H20O2/c1-17-15-8-7-13(11-16)14(10-15)9-12-5-3-2-4-6-12/h2-6,11,13-15H,7-10H2,1H3. The summed E-state index contributed by atoms with van der Waals surface area (Å²) in [6.07, 6.45) is 5.46. The molecule has 1 aromatic carbocycles. The monoisotopic (exact) mass is 232 g/mol. The minimum atomic E-state index is 0.210. The molecule has 0 spiro atoms. The van der Waals surface area contributed by atoms with Crippen LogP contribution in [-0.4, -0.2) is 19.5 Å². The molecule has 3 atom stereocenters. The van der Waals surface area contributed by atoms with E-state index >= 15 is 0 Å². The van der Waals surface area contributed by atoms with Gasteiger partial charge in [-0.1, -0.05) is 30.3 Å². The van der Waals surface area contributed by atoms with E-state index in [4.69, 9.17) is 4.74 Å². The lowest BCUT2D eigenvalue weighted by Crippen LogP contribution is -2.31. The van der Waals surface area contributed by atoms with Crippen molar-refractivity contribution in [1.82, 2.24) is 0 Å². The zero-order chi connectivity index (χ0) is 12.1. The largest absolute Gasteiger partial charge is 0.381 e. The lowest BCUT2D eigenvalue weighted by atomic mass is 9.75. The fourth-order valence-electron chi connectivity index (χ4n) is 2.79. The number of hydrogen-bond acceptors (Lipinski definition) is 2. The maximum Gasteiger partial charge on any atom is 0.123 e. The minimum absolute atomic E-state index is 0.210. The third-order valence-corrected chi connectivity index (χ3v) is 3.84. The van der Waals surface area contributed by atoms with Gasteiger partial charge in [0.05, 0.1) is 6.10 Å². The topological polar surface area (TPSA) is 26.3 Å². The summed E-state index contributed by atoms with van der Waals surface area (Å²) in [6, 6.07) is 10.4. The molecule has 17 heavy (non-hydrogen) atoms. The van der Waals surface area contributed by atoms with E-state index in [1.165, 1.54) is 5.56 Å². The smallest absolute Gasteiger partial charge is 0.123 e. The highest BCUT2D eigenvalue weighted by molar-refractivity contribution is 5.54. The Morgan fingerprint density at radius 2 is 2.06 bits per heavy atom. The summed E-state index contributed by atoms with van der Waals surface area (Å²) in [7, 11) is 1.77. The third-order valence-electron chi connectivity index (χ3n) is 3.84. The van der Waals surface area contributed by atoms with Crippen molar-refractivity contribution in [2.75, 3.05) is 7.11 Å². The van der Waals surface area contributed by atoms with Crippen molar-refractivity contribution >= 4 is 6.29 Å². The second-order valence-corrected chi connectivity index (χ2v) is 4.92. The summed E-state index contributed by atoms with van der Waals surface area (Å²) >= 11 is 0. The Morgan fingerprint density at radius 1 is 1.29 bits per heavy atom. The van der Waals surface area contributed by atoms with Gasteiger partial charge in [-0.3, -0.25) is 0 Å². The van der Waals surface area contributed by atoms with Crippen LogP contribution in [0.1, 0.15) is 24.8 Å². The molecule has 0 N–H and O–H groups in total. The first-order valence-corrected chi connectivity index (χ1v) is 6.35. The first-order valence-electron chi connectivity index (χ1n) is 6.35. The summed E-state index contributed by atoms with van der Waals surface area (Å²) in [5.74, 6) is 0.648. The molecule has 1 aliphatic carbocycles. The molecule has 1 fully saturated rings. The van der Waals surface area contributed by atoms with Gasteiger partial charge >= 0.3 is 0 Å². The van der Waals surface area contributed by atoms with Crippen molar-refractivity contribution in [3.8, 4) is 0 Å². The molecule has 1 saturated carbocycles. The highest BCUT2D eigenvalue weighted by Crippen LogP contribution is 2.32. The van der Waals surface area contributed by atoms with Crippen molar-refractivity contribution in [1.29, 1.82) is 0 Å². The molecule has 0 heterocycles. The van der Waals surface area contributed by atoms with Crippen LogP contribution in [0.25, 0.3) is 0 Å². The average Bonchev–Trinajstić information content (AvgIpc) is 2.40. The molecule has 0 aliphatic heterocycles. The molecule has 2 nitrogen and oxygen atoms in total. The molecular weight excluding hydrogens is 212 g/mol. The number of rotatable bonds is 4. The van der Waals surface area contributed by atoms with E-state index in [2.05, 4.69) is 24.3 Å². The van der Waals surface area contributed by atoms with Crippen molar-refractivity contribution < 1.29 is 9.53 Å². The first-order chi connectivity index (χ1) is 8.33. The van der Waals surface area contributed by atoms with E-state index in [9.17, 15) is 4.79 Å². The second-order valence-electron chi connectivity index (χ2n) is 4.92. The molecule has 0 saturated heterocycles. The van der Waals surface area contributed by atoms with Crippen LogP contribution in [0.3, 0.4) is 0 Å². The van der Waals surface area contributed by atoms with Crippen molar-refractivity contribution in [3.63, 3.8) is 0 Å². The fourth-order valence-corrected chi connectivity index (χ4v) is 2.79. The van der Waals surface area contributed by atoms with Crippen LogP contribution in [0, 0.1) is 11.8 Å². The van der Waals surface area contributed by atoms with Gasteiger partial charge in [0.15, 0.2) is 0 Å². The zero-order valence-electron chi connectivity index (χ0n) is 10.3. The van der Waals surface area contributed by atoms with Crippen LogP contribution < -0.4 is 0 Å². The summed E-state index contributed by atoms with van der Waals surface area (Å²) < 4.78 is 5.44. The number of aldehydes is 1. The van der Waals surface area contributed by atoms with Crippen LogP contribution >= 0.6 is 0 Å². The van der Waals surface area contributed by atoms with E-state index in [0.29, 0.717) is 12.0 Å². The van der Waals surface area contributed by atoms with Crippen molar-refractivity contribution in [2.45, 2.75) is 31.8 Å². The van der Waals surface area contributed by atoms with E-state index in [0.717, 1.165) is 32.0 Å². The molecule has 0 bridgehead atoms. The van der Waals surface area contributed by atoms with E-state index in [1.807, 2.05) is 6.07 Å².